The van der Waals surface area contributed by atoms with Crippen LogP contribution in [0.5, 0.6) is 0 Å². The highest BCUT2D eigenvalue weighted by Gasteiger charge is 2.34. The van der Waals surface area contributed by atoms with Crippen molar-refractivity contribution in [3.8, 4) is 11.8 Å². The van der Waals surface area contributed by atoms with Crippen LogP contribution in [-0.4, -0.2) is 31.5 Å². The van der Waals surface area contributed by atoms with E-state index >= 15 is 0 Å². The zero-order valence-corrected chi connectivity index (χ0v) is 17.9. The van der Waals surface area contributed by atoms with Gasteiger partial charge in [0.25, 0.3) is 17.2 Å². The number of nitro benzene ring substituents is 1. The van der Waals surface area contributed by atoms with Gasteiger partial charge < -0.3 is 5.32 Å². The average molecular weight is 458 g/mol. The molecule has 0 bridgehead atoms. The van der Waals surface area contributed by atoms with E-state index in [0.717, 1.165) is 4.90 Å². The molecule has 0 aliphatic carbocycles. The molecule has 1 aliphatic rings. The summed E-state index contributed by atoms with van der Waals surface area (Å²) in [6.07, 6.45) is 1.76. The fraction of sp³-hybridized carbons (Fsp3) is 0.130. The number of aryl methyl sites for hydroxylation is 1. The number of benzene rings is 2. The molecule has 0 unspecified atom stereocenters. The van der Waals surface area contributed by atoms with E-state index < -0.39 is 22.4 Å². The lowest BCUT2D eigenvalue weighted by atomic mass is 10.1. The van der Waals surface area contributed by atoms with Gasteiger partial charge in [0, 0.05) is 17.8 Å². The SMILES string of the molecule is CCc1[nH]n(-c2ccc([N+](=O)[O-])cc2)c(=O)c1C=C1NC(=O)N(Cc2cccc(C#N)c2)C1=O. The molecule has 0 spiro atoms. The van der Waals surface area contributed by atoms with Crippen LogP contribution in [-0.2, 0) is 17.8 Å². The molecular weight excluding hydrogens is 440 g/mol. The van der Waals surface area contributed by atoms with Crippen molar-refractivity contribution < 1.29 is 14.5 Å². The summed E-state index contributed by atoms with van der Waals surface area (Å²) in [6.45, 7) is 1.79. The molecule has 2 aromatic carbocycles. The Balaban J connectivity index is 1.65. The summed E-state index contributed by atoms with van der Waals surface area (Å²) in [5, 5.41) is 25.4. The van der Waals surface area contributed by atoms with Crippen molar-refractivity contribution in [1.29, 1.82) is 5.26 Å². The summed E-state index contributed by atoms with van der Waals surface area (Å²) in [6, 6.07) is 13.4. The van der Waals surface area contributed by atoms with Crippen molar-refractivity contribution in [3.05, 3.63) is 97.1 Å². The molecule has 4 rings (SSSR count). The van der Waals surface area contributed by atoms with Crippen LogP contribution < -0.4 is 10.9 Å². The van der Waals surface area contributed by atoms with Gasteiger partial charge in [-0.3, -0.25) is 29.7 Å². The summed E-state index contributed by atoms with van der Waals surface area (Å²) < 4.78 is 1.22. The lowest BCUT2D eigenvalue weighted by molar-refractivity contribution is -0.384. The molecule has 3 aromatic rings. The number of amides is 3. The number of hydrogen-bond acceptors (Lipinski definition) is 6. The highest BCUT2D eigenvalue weighted by atomic mass is 16.6. The summed E-state index contributed by atoms with van der Waals surface area (Å²) >= 11 is 0. The number of aromatic nitrogens is 2. The van der Waals surface area contributed by atoms with Crippen LogP contribution in [0.1, 0.15) is 29.3 Å². The third kappa shape index (κ3) is 4.07. The van der Waals surface area contributed by atoms with E-state index in [1.165, 1.54) is 35.0 Å². The molecule has 1 aliphatic heterocycles. The number of aromatic amines is 1. The van der Waals surface area contributed by atoms with Crippen LogP contribution in [0.4, 0.5) is 10.5 Å². The predicted octanol–water partition coefficient (Wildman–Crippen LogP) is 2.60. The maximum atomic E-state index is 13.1. The zero-order valence-electron chi connectivity index (χ0n) is 17.9. The molecule has 170 valence electrons. The van der Waals surface area contributed by atoms with E-state index in [1.807, 2.05) is 13.0 Å². The van der Waals surface area contributed by atoms with Crippen LogP contribution in [0.15, 0.2) is 59.0 Å². The second-order valence-electron chi connectivity index (χ2n) is 7.46. The molecule has 11 nitrogen and oxygen atoms in total. The fourth-order valence-electron chi connectivity index (χ4n) is 3.60. The van der Waals surface area contributed by atoms with E-state index in [-0.39, 0.29) is 23.5 Å². The Kier molecular flexibility index (Phi) is 5.80. The van der Waals surface area contributed by atoms with Crippen molar-refractivity contribution in [3.63, 3.8) is 0 Å². The van der Waals surface area contributed by atoms with Crippen LogP contribution in [0.2, 0.25) is 0 Å². The molecule has 3 amide bonds. The Morgan fingerprint density at radius 3 is 2.53 bits per heavy atom. The minimum absolute atomic E-state index is 0.0294. The van der Waals surface area contributed by atoms with E-state index in [1.54, 1.807) is 24.3 Å². The number of rotatable bonds is 6. The standard InChI is InChI=1S/C23H18N6O5/c1-2-19-18(21(30)28(26-19)16-6-8-17(9-7-16)29(33)34)11-20-22(31)27(23(32)25-20)13-15-5-3-4-14(10-15)12-24/h3-11,26H,2,13H2,1H3,(H,25,32). The smallest absolute Gasteiger partial charge is 0.303 e. The van der Waals surface area contributed by atoms with Crippen LogP contribution in [0, 0.1) is 21.4 Å². The van der Waals surface area contributed by atoms with Crippen molar-refractivity contribution >= 4 is 23.7 Å². The molecule has 1 aromatic heterocycles. The third-order valence-electron chi connectivity index (χ3n) is 5.33. The Morgan fingerprint density at radius 1 is 1.15 bits per heavy atom. The number of carbonyl (C=O) groups is 2. The minimum atomic E-state index is -0.636. The first-order valence-corrected chi connectivity index (χ1v) is 10.2. The van der Waals surface area contributed by atoms with Crippen LogP contribution >= 0.6 is 0 Å². The summed E-state index contributed by atoms with van der Waals surface area (Å²) in [5.41, 5.74) is 1.49. The topological polar surface area (TPSA) is 154 Å². The normalized spacial score (nSPS) is 14.4. The van der Waals surface area contributed by atoms with Gasteiger partial charge in [0.2, 0.25) is 0 Å². The number of imide groups is 1. The Hall–Kier alpha value is -4.98. The molecule has 1 saturated heterocycles. The molecule has 34 heavy (non-hydrogen) atoms. The highest BCUT2D eigenvalue weighted by Crippen LogP contribution is 2.19. The largest absolute Gasteiger partial charge is 0.329 e. The number of carbonyl (C=O) groups excluding carboxylic acids is 2. The second-order valence-corrected chi connectivity index (χ2v) is 7.46. The van der Waals surface area contributed by atoms with Gasteiger partial charge in [-0.15, -0.1) is 0 Å². The van der Waals surface area contributed by atoms with Crippen molar-refractivity contribution in [2.24, 2.45) is 0 Å². The summed E-state index contributed by atoms with van der Waals surface area (Å²) in [4.78, 5) is 49.7. The van der Waals surface area contributed by atoms with Gasteiger partial charge in [-0.05, 0) is 42.3 Å². The van der Waals surface area contributed by atoms with Crippen molar-refractivity contribution in [1.82, 2.24) is 20.0 Å². The van der Waals surface area contributed by atoms with Gasteiger partial charge in [0.1, 0.15) is 5.70 Å². The number of non-ortho nitro benzene ring substituents is 1. The zero-order chi connectivity index (χ0) is 24.4. The number of nitro groups is 1. The van der Waals surface area contributed by atoms with Gasteiger partial charge >= 0.3 is 6.03 Å². The van der Waals surface area contributed by atoms with E-state index in [0.29, 0.717) is 28.9 Å². The van der Waals surface area contributed by atoms with E-state index in [9.17, 15) is 24.5 Å². The first kappa shape index (κ1) is 22.2. The summed E-state index contributed by atoms with van der Waals surface area (Å²) in [5.74, 6) is -0.600. The monoisotopic (exact) mass is 458 g/mol. The Morgan fingerprint density at radius 2 is 1.88 bits per heavy atom. The van der Waals surface area contributed by atoms with Crippen molar-refractivity contribution in [2.45, 2.75) is 19.9 Å². The number of urea groups is 1. The highest BCUT2D eigenvalue weighted by molar-refractivity contribution is 6.13. The number of H-pyrrole nitrogens is 1. The maximum Gasteiger partial charge on any atom is 0.329 e. The number of nitriles is 1. The van der Waals surface area contributed by atoms with Crippen LogP contribution in [0.25, 0.3) is 11.8 Å². The average Bonchev–Trinajstić information content (AvgIpc) is 3.30. The van der Waals surface area contributed by atoms with Gasteiger partial charge in [0.15, 0.2) is 0 Å². The molecule has 11 heteroatoms. The van der Waals surface area contributed by atoms with Gasteiger partial charge in [-0.2, -0.15) is 5.26 Å². The lowest BCUT2D eigenvalue weighted by Crippen LogP contribution is -2.30. The molecule has 0 saturated carbocycles. The Bertz CT molecular complexity index is 1440. The molecule has 0 radical (unpaired) electrons. The van der Waals surface area contributed by atoms with Gasteiger partial charge in [0.05, 0.1) is 34.4 Å². The number of nitrogens with one attached hydrogen (secondary N) is 2. The summed E-state index contributed by atoms with van der Waals surface area (Å²) in [7, 11) is 0. The van der Waals surface area contributed by atoms with Gasteiger partial charge in [-0.1, -0.05) is 19.1 Å². The Labute approximate surface area is 192 Å². The van der Waals surface area contributed by atoms with Crippen LogP contribution in [0.3, 0.4) is 0 Å². The number of hydrogen-bond donors (Lipinski definition) is 2. The molecule has 0 atom stereocenters. The molecule has 1 fully saturated rings. The van der Waals surface area contributed by atoms with E-state index in [2.05, 4.69) is 10.4 Å². The lowest BCUT2D eigenvalue weighted by Gasteiger charge is -2.11. The fourth-order valence-corrected chi connectivity index (χ4v) is 3.60. The molecule has 2 heterocycles. The first-order chi connectivity index (χ1) is 16.3. The van der Waals surface area contributed by atoms with Gasteiger partial charge in [-0.25, -0.2) is 9.48 Å². The second kappa shape index (κ2) is 8.87. The third-order valence-corrected chi connectivity index (χ3v) is 5.33. The molecule has 2 N–H and O–H groups in total. The maximum absolute atomic E-state index is 13.1. The quantitative estimate of drug-likeness (QED) is 0.250. The molecular formula is C23H18N6O5. The number of nitrogens with zero attached hydrogens (tertiary/aromatic N) is 4. The predicted molar refractivity (Wildman–Crippen MR) is 121 cm³/mol. The van der Waals surface area contributed by atoms with Crippen molar-refractivity contribution in [2.75, 3.05) is 0 Å². The minimum Gasteiger partial charge on any atom is -0.303 e. The van der Waals surface area contributed by atoms with E-state index in [4.69, 9.17) is 5.26 Å². The first-order valence-electron chi connectivity index (χ1n) is 10.2.